The molecule has 0 bridgehead atoms. The van der Waals surface area contributed by atoms with Crippen LogP contribution in [0.5, 0.6) is 11.5 Å². The number of thioether (sulfide) groups is 1. The molecule has 3 heterocycles. The molecular weight excluding hydrogens is 438 g/mol. The van der Waals surface area contributed by atoms with Crippen LogP contribution in [0.2, 0.25) is 0 Å². The first-order valence-corrected chi connectivity index (χ1v) is 12.4. The van der Waals surface area contributed by atoms with Crippen LogP contribution in [0.3, 0.4) is 0 Å². The first-order chi connectivity index (χ1) is 16.1. The number of methoxy groups -OCH3 is 1. The van der Waals surface area contributed by atoms with Gasteiger partial charge in [0.2, 0.25) is 5.91 Å². The minimum absolute atomic E-state index is 0.0283. The third kappa shape index (κ3) is 5.59. The first kappa shape index (κ1) is 23.4. The second-order valence-corrected chi connectivity index (χ2v) is 9.33. The Labute approximate surface area is 198 Å². The van der Waals surface area contributed by atoms with Crippen LogP contribution in [0.15, 0.2) is 41.8 Å². The molecule has 2 N–H and O–H groups in total. The van der Waals surface area contributed by atoms with Gasteiger partial charge in [0.05, 0.1) is 19.4 Å². The van der Waals surface area contributed by atoms with Gasteiger partial charge < -0.3 is 20.1 Å². The Kier molecular flexibility index (Phi) is 7.72. The number of nitrogens with zero attached hydrogens (tertiary/aromatic N) is 4. The van der Waals surface area contributed by atoms with E-state index in [1.807, 2.05) is 34.9 Å². The van der Waals surface area contributed by atoms with Gasteiger partial charge in [-0.15, -0.1) is 0 Å². The van der Waals surface area contributed by atoms with Gasteiger partial charge in [-0.25, -0.2) is 9.97 Å². The number of nitrogens with two attached hydrogens (primary N) is 1. The van der Waals surface area contributed by atoms with Gasteiger partial charge in [0.25, 0.3) is 0 Å². The number of imidazole rings is 1. The molecule has 9 heteroatoms. The van der Waals surface area contributed by atoms with Gasteiger partial charge in [0.15, 0.2) is 16.7 Å². The lowest BCUT2D eigenvalue weighted by atomic mass is 9.96. The van der Waals surface area contributed by atoms with Crippen molar-refractivity contribution in [3.8, 4) is 22.8 Å². The number of likely N-dealkylation sites (tertiary alicyclic amines) is 1. The third-order valence-electron chi connectivity index (χ3n) is 5.96. The van der Waals surface area contributed by atoms with Gasteiger partial charge in [-0.05, 0) is 56.3 Å². The first-order valence-electron chi connectivity index (χ1n) is 11.4. The van der Waals surface area contributed by atoms with Crippen LogP contribution in [0.4, 0.5) is 0 Å². The summed E-state index contributed by atoms with van der Waals surface area (Å²) in [4.78, 5) is 22.9. The van der Waals surface area contributed by atoms with Crippen molar-refractivity contribution in [1.82, 2.24) is 19.3 Å². The van der Waals surface area contributed by atoms with Crippen LogP contribution in [0.1, 0.15) is 26.2 Å². The zero-order valence-electron chi connectivity index (χ0n) is 19.2. The van der Waals surface area contributed by atoms with Gasteiger partial charge in [0.1, 0.15) is 5.65 Å². The Morgan fingerprint density at radius 2 is 2.06 bits per heavy atom. The average Bonchev–Trinajstić information content (AvgIpc) is 3.31. The van der Waals surface area contributed by atoms with E-state index in [9.17, 15) is 4.79 Å². The number of aromatic nitrogens is 3. The smallest absolute Gasteiger partial charge is 0.220 e. The molecule has 0 aliphatic carbocycles. The van der Waals surface area contributed by atoms with E-state index in [4.69, 9.17) is 20.2 Å². The fraction of sp³-hybridized carbons (Fsp3) is 0.458. The second kappa shape index (κ2) is 10.9. The number of primary amides is 1. The molecule has 3 aromatic rings. The Morgan fingerprint density at radius 1 is 1.24 bits per heavy atom. The zero-order valence-corrected chi connectivity index (χ0v) is 20.0. The van der Waals surface area contributed by atoms with Crippen molar-refractivity contribution in [2.75, 3.05) is 39.1 Å². The molecule has 0 unspecified atom stereocenters. The summed E-state index contributed by atoms with van der Waals surface area (Å²) in [7, 11) is 1.65. The van der Waals surface area contributed by atoms with Crippen molar-refractivity contribution in [2.45, 2.75) is 31.3 Å². The number of amides is 1. The predicted molar refractivity (Wildman–Crippen MR) is 130 cm³/mol. The van der Waals surface area contributed by atoms with E-state index in [1.165, 1.54) is 0 Å². The van der Waals surface area contributed by atoms with Crippen molar-refractivity contribution in [3.05, 3.63) is 36.7 Å². The zero-order chi connectivity index (χ0) is 23.2. The molecule has 4 rings (SSSR count). The number of rotatable bonds is 10. The summed E-state index contributed by atoms with van der Waals surface area (Å²) >= 11 is 1.69. The molecule has 8 nitrogen and oxygen atoms in total. The molecule has 33 heavy (non-hydrogen) atoms. The van der Waals surface area contributed by atoms with Crippen molar-refractivity contribution < 1.29 is 14.3 Å². The number of fused-ring (bicyclic) bond motifs is 1. The lowest BCUT2D eigenvalue weighted by Crippen LogP contribution is -2.39. The molecule has 0 radical (unpaired) electrons. The highest BCUT2D eigenvalue weighted by Crippen LogP contribution is 2.33. The minimum Gasteiger partial charge on any atom is -0.493 e. The van der Waals surface area contributed by atoms with Crippen molar-refractivity contribution in [3.63, 3.8) is 0 Å². The molecule has 0 saturated carbocycles. The fourth-order valence-electron chi connectivity index (χ4n) is 4.13. The van der Waals surface area contributed by atoms with Crippen molar-refractivity contribution in [1.29, 1.82) is 0 Å². The molecule has 1 saturated heterocycles. The number of ether oxygens (including phenoxy) is 2. The molecule has 1 aromatic carbocycles. The van der Waals surface area contributed by atoms with E-state index in [0.29, 0.717) is 12.4 Å². The Bertz CT molecular complexity index is 1090. The quantitative estimate of drug-likeness (QED) is 0.276. The van der Waals surface area contributed by atoms with E-state index in [1.54, 1.807) is 25.1 Å². The van der Waals surface area contributed by atoms with Crippen molar-refractivity contribution in [2.24, 2.45) is 11.7 Å². The summed E-state index contributed by atoms with van der Waals surface area (Å²) in [5, 5.41) is 0.918. The van der Waals surface area contributed by atoms with Gasteiger partial charge >= 0.3 is 0 Å². The molecule has 176 valence electrons. The summed E-state index contributed by atoms with van der Waals surface area (Å²) < 4.78 is 13.6. The monoisotopic (exact) mass is 469 g/mol. The summed E-state index contributed by atoms with van der Waals surface area (Å²) in [6.45, 7) is 5.48. The molecule has 0 spiro atoms. The third-order valence-corrected chi connectivity index (χ3v) is 6.79. The van der Waals surface area contributed by atoms with Crippen molar-refractivity contribution >= 4 is 23.3 Å². The van der Waals surface area contributed by atoms with Gasteiger partial charge in [-0.3, -0.25) is 9.20 Å². The number of piperidine rings is 1. The lowest BCUT2D eigenvalue weighted by Gasteiger charge is -2.30. The van der Waals surface area contributed by atoms with Crippen LogP contribution >= 0.6 is 11.8 Å². The second-order valence-electron chi connectivity index (χ2n) is 8.10. The highest BCUT2D eigenvalue weighted by molar-refractivity contribution is 7.99. The highest BCUT2D eigenvalue weighted by atomic mass is 32.2. The number of hydrogen-bond acceptors (Lipinski definition) is 7. The molecule has 1 aliphatic heterocycles. The van der Waals surface area contributed by atoms with Gasteiger partial charge in [-0.2, -0.15) is 0 Å². The largest absolute Gasteiger partial charge is 0.493 e. The molecular formula is C24H31N5O3S. The van der Waals surface area contributed by atoms with E-state index in [0.717, 1.165) is 72.5 Å². The maximum absolute atomic E-state index is 11.3. The summed E-state index contributed by atoms with van der Waals surface area (Å²) in [5.74, 6) is 2.20. The number of carbonyl (C=O) groups is 1. The number of carbonyl (C=O) groups excluding carboxylic acids is 1. The summed E-state index contributed by atoms with van der Waals surface area (Å²) in [6.07, 6.45) is 6.33. The average molecular weight is 470 g/mol. The number of hydrogen-bond donors (Lipinski definition) is 1. The Morgan fingerprint density at radius 3 is 2.79 bits per heavy atom. The van der Waals surface area contributed by atoms with E-state index >= 15 is 0 Å². The summed E-state index contributed by atoms with van der Waals surface area (Å²) in [5.41, 5.74) is 8.10. The lowest BCUT2D eigenvalue weighted by molar-refractivity contribution is -0.123. The van der Waals surface area contributed by atoms with E-state index in [2.05, 4.69) is 16.8 Å². The molecule has 1 fully saturated rings. The van der Waals surface area contributed by atoms with Crippen LogP contribution in [-0.4, -0.2) is 64.3 Å². The predicted octanol–water partition coefficient (Wildman–Crippen LogP) is 3.48. The van der Waals surface area contributed by atoms with Gasteiger partial charge in [-0.1, -0.05) is 18.7 Å². The van der Waals surface area contributed by atoms with Gasteiger partial charge in [0, 0.05) is 36.5 Å². The molecule has 0 atom stereocenters. The Hall–Kier alpha value is -2.78. The normalized spacial score (nSPS) is 15.1. The topological polar surface area (TPSA) is 95.0 Å². The minimum atomic E-state index is -0.172. The maximum atomic E-state index is 11.3. The highest BCUT2D eigenvalue weighted by Gasteiger charge is 2.22. The molecule has 2 aromatic heterocycles. The van der Waals surface area contributed by atoms with E-state index < -0.39 is 0 Å². The van der Waals surface area contributed by atoms with Crippen LogP contribution in [-0.2, 0) is 4.79 Å². The maximum Gasteiger partial charge on any atom is 0.220 e. The molecule has 1 amide bonds. The summed E-state index contributed by atoms with van der Waals surface area (Å²) in [6, 6.07) is 7.90. The number of benzene rings is 1. The van der Waals surface area contributed by atoms with Crippen LogP contribution in [0, 0.1) is 5.92 Å². The van der Waals surface area contributed by atoms with Crippen LogP contribution in [0.25, 0.3) is 16.9 Å². The van der Waals surface area contributed by atoms with E-state index in [-0.39, 0.29) is 11.8 Å². The molecule has 1 aliphatic rings. The fourth-order valence-corrected chi connectivity index (χ4v) is 4.85. The SMILES string of the molecule is CCSc1nc(-c2ccc(OCCCN3CCC(C(N)=O)CC3)c(OC)c2)cc2nccn12. The Balaban J connectivity index is 1.37. The standard InChI is InChI=1S/C24H31N5O3S/c1-3-33-24-27-19(16-22-26-9-13-29(22)24)18-5-6-20(21(15-18)31-2)32-14-4-10-28-11-7-17(8-12-28)23(25)30/h5-6,9,13,15-17H,3-4,7-8,10-12,14H2,1-2H3,(H2,25,30). The van der Waals surface area contributed by atoms with Crippen LogP contribution < -0.4 is 15.2 Å².